The van der Waals surface area contributed by atoms with Crippen molar-refractivity contribution >= 4 is 11.9 Å². The second-order valence-electron chi connectivity index (χ2n) is 17.4. The molecule has 0 aliphatic heterocycles. The number of nitrogens with zero attached hydrogens (tertiary/aromatic N) is 2. The first-order valence-corrected chi connectivity index (χ1v) is 24.4. The maximum atomic E-state index is 12.6. The van der Waals surface area contributed by atoms with Gasteiger partial charge < -0.3 is 44.0 Å². The summed E-state index contributed by atoms with van der Waals surface area (Å²) in [5.41, 5.74) is 0. The molecular weight excluding hydrogens is 737 g/mol. The van der Waals surface area contributed by atoms with E-state index in [1.54, 1.807) is 0 Å². The van der Waals surface area contributed by atoms with Gasteiger partial charge in [-0.2, -0.15) is 0 Å². The zero-order valence-corrected chi connectivity index (χ0v) is 38.0. The second-order valence-corrected chi connectivity index (χ2v) is 17.4. The molecule has 0 saturated carbocycles. The van der Waals surface area contributed by atoms with Gasteiger partial charge in [-0.3, -0.25) is 9.59 Å². The van der Waals surface area contributed by atoms with Crippen molar-refractivity contribution in [3.8, 4) is 0 Å². The predicted molar refractivity (Wildman–Crippen MR) is 236 cm³/mol. The van der Waals surface area contributed by atoms with Crippen molar-refractivity contribution in [2.45, 2.75) is 200 Å². The standard InChI is InChI=1S/C47H96N2O9/c1-3-5-7-9-11-13-15-17-19-21-23-25-27-29-46(55)57-41-35-48(31-37-50,32-38-51)43-45(54)44-49(33-39-52,34-40-53)36-42-58-47(56)30-28-26-24-22-20-18-16-14-12-10-8-6-4-2/h45,50-54H,3-44H2,1-2H3/q+2. The normalized spacial score (nSPS) is 12.1. The maximum Gasteiger partial charge on any atom is 0.305 e. The summed E-state index contributed by atoms with van der Waals surface area (Å²) in [5.74, 6) is -0.500. The van der Waals surface area contributed by atoms with Crippen LogP contribution in [-0.2, 0) is 19.1 Å². The highest BCUT2D eigenvalue weighted by atomic mass is 16.5. The molecule has 0 aliphatic carbocycles. The second kappa shape index (κ2) is 41.0. The molecule has 0 heterocycles. The Labute approximate surface area is 356 Å². The van der Waals surface area contributed by atoms with Crippen LogP contribution in [0.1, 0.15) is 194 Å². The first-order valence-electron chi connectivity index (χ1n) is 24.4. The molecule has 0 aromatic heterocycles. The molecular formula is C47H96N2O9+2. The minimum atomic E-state index is -0.917. The Morgan fingerprint density at radius 2 is 0.638 bits per heavy atom. The molecule has 5 N–H and O–H groups in total. The molecule has 0 amide bonds. The average Bonchev–Trinajstić information content (AvgIpc) is 3.18. The van der Waals surface area contributed by atoms with E-state index in [9.17, 15) is 35.1 Å². The summed E-state index contributed by atoms with van der Waals surface area (Å²) in [6.07, 6.45) is 32.0. The summed E-state index contributed by atoms with van der Waals surface area (Å²) in [7, 11) is 0. The number of hydrogen-bond acceptors (Lipinski definition) is 9. The van der Waals surface area contributed by atoms with Gasteiger partial charge in [-0.1, -0.05) is 168 Å². The summed E-state index contributed by atoms with van der Waals surface area (Å²) < 4.78 is 11.5. The Hall–Kier alpha value is -1.34. The highest BCUT2D eigenvalue weighted by Gasteiger charge is 2.36. The van der Waals surface area contributed by atoms with E-state index in [2.05, 4.69) is 13.8 Å². The minimum Gasteiger partial charge on any atom is -0.460 e. The molecule has 0 aliphatic rings. The average molecular weight is 833 g/mol. The van der Waals surface area contributed by atoms with Gasteiger partial charge in [0.05, 0.1) is 26.4 Å². The van der Waals surface area contributed by atoms with Crippen molar-refractivity contribution in [1.82, 2.24) is 0 Å². The number of ether oxygens (including phenoxy) is 2. The Morgan fingerprint density at radius 1 is 0.397 bits per heavy atom. The molecule has 0 aromatic rings. The van der Waals surface area contributed by atoms with Gasteiger partial charge in [-0.25, -0.2) is 0 Å². The molecule has 0 fully saturated rings. The smallest absolute Gasteiger partial charge is 0.305 e. The topological polar surface area (TPSA) is 154 Å². The lowest BCUT2D eigenvalue weighted by Crippen LogP contribution is -2.62. The van der Waals surface area contributed by atoms with Crippen LogP contribution < -0.4 is 0 Å². The quantitative estimate of drug-likeness (QED) is 0.0233. The lowest BCUT2D eigenvalue weighted by atomic mass is 10.0. The maximum absolute atomic E-state index is 12.6. The molecule has 58 heavy (non-hydrogen) atoms. The highest BCUT2D eigenvalue weighted by molar-refractivity contribution is 5.69. The summed E-state index contributed by atoms with van der Waals surface area (Å²) in [6, 6.07) is 0. The van der Waals surface area contributed by atoms with Crippen molar-refractivity contribution in [2.24, 2.45) is 0 Å². The summed E-state index contributed by atoms with van der Waals surface area (Å²) in [5, 5.41) is 51.3. The number of unbranched alkanes of at least 4 members (excludes halogenated alkanes) is 24. The Bertz CT molecular complexity index is 827. The number of rotatable bonds is 46. The summed E-state index contributed by atoms with van der Waals surface area (Å²) >= 11 is 0. The van der Waals surface area contributed by atoms with Crippen molar-refractivity contribution in [3.05, 3.63) is 0 Å². The third kappa shape index (κ3) is 33.4. The van der Waals surface area contributed by atoms with Crippen molar-refractivity contribution in [2.75, 3.05) is 92.0 Å². The number of carbonyl (C=O) groups is 2. The van der Waals surface area contributed by atoms with Gasteiger partial charge in [-0.05, 0) is 12.8 Å². The lowest BCUT2D eigenvalue weighted by molar-refractivity contribution is -0.951. The third-order valence-corrected chi connectivity index (χ3v) is 12.1. The third-order valence-electron chi connectivity index (χ3n) is 12.1. The van der Waals surface area contributed by atoms with Crippen LogP contribution >= 0.6 is 0 Å². The molecule has 0 atom stereocenters. The number of carbonyl (C=O) groups excluding carboxylic acids is 2. The fourth-order valence-corrected chi connectivity index (χ4v) is 8.44. The van der Waals surface area contributed by atoms with Gasteiger partial charge in [0, 0.05) is 12.8 Å². The zero-order valence-electron chi connectivity index (χ0n) is 38.0. The van der Waals surface area contributed by atoms with Crippen LogP contribution in [0.25, 0.3) is 0 Å². The first-order chi connectivity index (χ1) is 28.3. The van der Waals surface area contributed by atoms with Crippen LogP contribution in [0.3, 0.4) is 0 Å². The minimum absolute atomic E-state index is 0.118. The van der Waals surface area contributed by atoms with Gasteiger partial charge in [0.1, 0.15) is 65.6 Å². The molecule has 346 valence electrons. The van der Waals surface area contributed by atoms with Gasteiger partial charge >= 0.3 is 11.9 Å². The van der Waals surface area contributed by atoms with Crippen LogP contribution in [-0.4, -0.2) is 145 Å². The molecule has 0 unspecified atom stereocenters. The van der Waals surface area contributed by atoms with E-state index >= 15 is 0 Å². The molecule has 0 saturated heterocycles. The van der Waals surface area contributed by atoms with Gasteiger partial charge in [-0.15, -0.1) is 0 Å². The lowest BCUT2D eigenvalue weighted by Gasteiger charge is -2.43. The molecule has 11 heteroatoms. The molecule has 0 spiro atoms. The fraction of sp³-hybridized carbons (Fsp3) is 0.957. The largest absolute Gasteiger partial charge is 0.460 e. The van der Waals surface area contributed by atoms with E-state index in [4.69, 9.17) is 9.47 Å². The summed E-state index contributed by atoms with van der Waals surface area (Å²) in [4.78, 5) is 25.1. The SMILES string of the molecule is CCCCCCCCCCCCCCCC(=O)OCC[N+](CCO)(CCO)CC(O)C[N+](CCO)(CCO)CCOC(=O)CCCCCCCCCCCCCCC. The van der Waals surface area contributed by atoms with E-state index < -0.39 is 6.10 Å². The van der Waals surface area contributed by atoms with Gasteiger partial charge in [0.15, 0.2) is 6.10 Å². The molecule has 11 nitrogen and oxygen atoms in total. The first kappa shape index (κ1) is 56.7. The number of hydrogen-bond donors (Lipinski definition) is 5. The number of aliphatic hydroxyl groups is 5. The number of quaternary nitrogens is 2. The van der Waals surface area contributed by atoms with Crippen LogP contribution in [0.2, 0.25) is 0 Å². The number of esters is 2. The van der Waals surface area contributed by atoms with E-state index in [0.717, 1.165) is 38.5 Å². The molecule has 0 rings (SSSR count). The number of aliphatic hydroxyl groups excluding tert-OH is 5. The molecule has 0 aromatic carbocycles. The van der Waals surface area contributed by atoms with Gasteiger partial charge in [0.2, 0.25) is 0 Å². The van der Waals surface area contributed by atoms with Crippen LogP contribution in [0.5, 0.6) is 0 Å². The van der Waals surface area contributed by atoms with Gasteiger partial charge in [0.25, 0.3) is 0 Å². The van der Waals surface area contributed by atoms with Crippen molar-refractivity contribution in [1.29, 1.82) is 0 Å². The molecule has 0 bridgehead atoms. The van der Waals surface area contributed by atoms with E-state index in [1.165, 1.54) is 128 Å². The summed E-state index contributed by atoms with van der Waals surface area (Å²) in [6.45, 7) is 6.19. The monoisotopic (exact) mass is 833 g/mol. The highest BCUT2D eigenvalue weighted by Crippen LogP contribution is 2.17. The van der Waals surface area contributed by atoms with Crippen LogP contribution in [0, 0.1) is 0 Å². The van der Waals surface area contributed by atoms with Crippen molar-refractivity contribution < 1.29 is 53.6 Å². The fourth-order valence-electron chi connectivity index (χ4n) is 8.44. The Morgan fingerprint density at radius 3 is 0.879 bits per heavy atom. The van der Waals surface area contributed by atoms with E-state index in [0.29, 0.717) is 25.9 Å². The van der Waals surface area contributed by atoms with Crippen molar-refractivity contribution in [3.63, 3.8) is 0 Å². The van der Waals surface area contributed by atoms with E-state index in [1.807, 2.05) is 0 Å². The van der Waals surface area contributed by atoms with E-state index in [-0.39, 0.29) is 99.8 Å². The Balaban J connectivity index is 4.65. The zero-order chi connectivity index (χ0) is 42.8. The van der Waals surface area contributed by atoms with Crippen LogP contribution in [0.4, 0.5) is 0 Å². The molecule has 0 radical (unpaired) electrons. The van der Waals surface area contributed by atoms with Crippen LogP contribution in [0.15, 0.2) is 0 Å². The Kier molecular flexibility index (Phi) is 40.1. The predicted octanol–water partition coefficient (Wildman–Crippen LogP) is 8.00.